The van der Waals surface area contributed by atoms with Crippen LogP contribution < -0.4 is 9.64 Å². The summed E-state index contributed by atoms with van der Waals surface area (Å²) in [7, 11) is 4.21. The number of hydrogen-bond acceptors (Lipinski definition) is 7. The molecule has 2 aliphatic heterocycles. The Labute approximate surface area is 239 Å². The zero-order valence-electron chi connectivity index (χ0n) is 23.8. The van der Waals surface area contributed by atoms with E-state index in [1.54, 1.807) is 0 Å². The number of carbonyl (C=O) groups excluding carboxylic acids is 1. The summed E-state index contributed by atoms with van der Waals surface area (Å²) in [5.74, 6) is 2.96. The fourth-order valence-corrected chi connectivity index (χ4v) is 5.80. The number of anilines is 1. The predicted molar refractivity (Wildman–Crippen MR) is 156 cm³/mol. The van der Waals surface area contributed by atoms with Crippen molar-refractivity contribution in [1.82, 2.24) is 19.9 Å². The zero-order valence-corrected chi connectivity index (χ0v) is 24.7. The maximum absolute atomic E-state index is 13.0. The number of piperidine rings is 1. The zero-order chi connectivity index (χ0) is 26.6. The van der Waals surface area contributed by atoms with E-state index < -0.39 is 0 Å². The maximum atomic E-state index is 13.0. The van der Waals surface area contributed by atoms with Gasteiger partial charge in [-0.1, -0.05) is 37.2 Å². The standard InChI is InChI=1S/C30H43N5O3.ClH/c1-21(2)28-31-30(38-32-28)34-16-13-22(14-17-34)20-37-27-11-9-24(10-12-27)23-5-7-25(8-6-23)29(36)35-18-15-26(19-35)33(3)4;/h5,9-12,21-22,25-26H,6-8,13-20H2,1-4H3;1H/t25?,26-;/m1./s1. The van der Waals surface area contributed by atoms with Crippen molar-refractivity contribution in [3.8, 4) is 5.75 Å². The molecule has 3 aliphatic rings. The van der Waals surface area contributed by atoms with E-state index >= 15 is 0 Å². The molecule has 2 aromatic rings. The van der Waals surface area contributed by atoms with E-state index in [-0.39, 0.29) is 24.2 Å². The fraction of sp³-hybridized carbons (Fsp3) is 0.633. The number of nitrogens with zero attached hydrogens (tertiary/aromatic N) is 5. The molecule has 0 radical (unpaired) electrons. The van der Waals surface area contributed by atoms with Crippen LogP contribution in [0, 0.1) is 11.8 Å². The Morgan fingerprint density at radius 2 is 1.85 bits per heavy atom. The third kappa shape index (κ3) is 7.14. The number of rotatable bonds is 8. The summed E-state index contributed by atoms with van der Waals surface area (Å²) in [5.41, 5.74) is 2.59. The van der Waals surface area contributed by atoms with Gasteiger partial charge >= 0.3 is 6.01 Å². The van der Waals surface area contributed by atoms with Crippen LogP contribution in [-0.4, -0.2) is 78.8 Å². The van der Waals surface area contributed by atoms with E-state index in [0.29, 0.717) is 23.9 Å². The lowest BCUT2D eigenvalue weighted by atomic mass is 9.86. The number of aromatic nitrogens is 2. The lowest BCUT2D eigenvalue weighted by Crippen LogP contribution is -2.38. The highest BCUT2D eigenvalue weighted by Gasteiger charge is 2.32. The Bertz CT molecular complexity index is 1110. The van der Waals surface area contributed by atoms with Crippen LogP contribution in [0.3, 0.4) is 0 Å². The van der Waals surface area contributed by atoms with Crippen molar-refractivity contribution >= 4 is 29.9 Å². The van der Waals surface area contributed by atoms with Gasteiger partial charge in [-0.15, -0.1) is 12.4 Å². The topological polar surface area (TPSA) is 74.9 Å². The van der Waals surface area contributed by atoms with Crippen molar-refractivity contribution < 1.29 is 14.1 Å². The molecule has 8 nitrogen and oxygen atoms in total. The Kier molecular flexibility index (Phi) is 9.94. The molecule has 1 aliphatic carbocycles. The summed E-state index contributed by atoms with van der Waals surface area (Å²) < 4.78 is 11.6. The average Bonchev–Trinajstić information content (AvgIpc) is 3.63. The SMILES string of the molecule is CC(C)c1noc(N2CCC(COc3ccc(C4=CCC(C(=O)N5CC[C@@H](N(C)C)C5)CC4)cc3)CC2)n1.Cl. The van der Waals surface area contributed by atoms with Crippen molar-refractivity contribution in [3.63, 3.8) is 0 Å². The molecule has 3 heterocycles. The molecule has 214 valence electrons. The van der Waals surface area contributed by atoms with Gasteiger partial charge in [0.1, 0.15) is 5.75 Å². The lowest BCUT2D eigenvalue weighted by Gasteiger charge is -2.30. The Morgan fingerprint density at radius 3 is 2.44 bits per heavy atom. The van der Waals surface area contributed by atoms with Crippen LogP contribution in [0.4, 0.5) is 6.01 Å². The van der Waals surface area contributed by atoms with Gasteiger partial charge in [-0.3, -0.25) is 4.79 Å². The van der Waals surface area contributed by atoms with Crippen molar-refractivity contribution in [2.45, 2.75) is 64.3 Å². The molecular weight excluding hydrogens is 514 g/mol. The van der Waals surface area contributed by atoms with Crippen LogP contribution in [0.1, 0.15) is 69.7 Å². The van der Waals surface area contributed by atoms with Gasteiger partial charge in [-0.25, -0.2) is 0 Å². The van der Waals surface area contributed by atoms with Crippen LogP contribution in [0.2, 0.25) is 0 Å². The fourth-order valence-electron chi connectivity index (χ4n) is 5.80. The molecule has 0 saturated carbocycles. The van der Waals surface area contributed by atoms with E-state index in [9.17, 15) is 4.79 Å². The number of benzene rings is 1. The van der Waals surface area contributed by atoms with Gasteiger partial charge in [0.05, 0.1) is 6.61 Å². The highest BCUT2D eigenvalue weighted by Crippen LogP contribution is 2.33. The van der Waals surface area contributed by atoms with Gasteiger partial charge in [0.2, 0.25) is 5.91 Å². The van der Waals surface area contributed by atoms with Crippen molar-refractivity contribution in [2.75, 3.05) is 51.8 Å². The van der Waals surface area contributed by atoms with Crippen molar-refractivity contribution in [3.05, 3.63) is 41.7 Å². The minimum atomic E-state index is 0. The number of halogens is 1. The van der Waals surface area contributed by atoms with Crippen molar-refractivity contribution in [1.29, 1.82) is 0 Å². The number of ether oxygens (including phenoxy) is 1. The largest absolute Gasteiger partial charge is 0.493 e. The number of likely N-dealkylation sites (N-methyl/N-ethyl adjacent to an activating group) is 1. The van der Waals surface area contributed by atoms with Gasteiger partial charge in [0, 0.05) is 44.1 Å². The molecule has 1 unspecified atom stereocenters. The summed E-state index contributed by atoms with van der Waals surface area (Å²) in [6.45, 7) is 8.48. The number of likely N-dealkylation sites (tertiary alicyclic amines) is 1. The first-order valence-corrected chi connectivity index (χ1v) is 14.3. The molecule has 1 aromatic heterocycles. The highest BCUT2D eigenvalue weighted by molar-refractivity contribution is 5.85. The molecule has 1 aromatic carbocycles. The molecular formula is C30H44ClN5O3. The van der Waals surface area contributed by atoms with Crippen LogP contribution >= 0.6 is 12.4 Å². The smallest absolute Gasteiger partial charge is 0.324 e. The molecule has 2 fully saturated rings. The monoisotopic (exact) mass is 557 g/mol. The van der Waals surface area contributed by atoms with Gasteiger partial charge in [-0.2, -0.15) is 4.98 Å². The van der Waals surface area contributed by atoms with Crippen molar-refractivity contribution in [2.24, 2.45) is 11.8 Å². The summed E-state index contributed by atoms with van der Waals surface area (Å²) in [6.07, 6.45) is 8.21. The average molecular weight is 558 g/mol. The number of allylic oxidation sites excluding steroid dienone is 2. The lowest BCUT2D eigenvalue weighted by molar-refractivity contribution is -0.134. The third-order valence-electron chi connectivity index (χ3n) is 8.51. The molecule has 0 spiro atoms. The Balaban J connectivity index is 0.00000353. The minimum absolute atomic E-state index is 0. The molecule has 2 atom stereocenters. The molecule has 1 amide bonds. The first-order valence-electron chi connectivity index (χ1n) is 14.3. The Morgan fingerprint density at radius 1 is 1.10 bits per heavy atom. The summed E-state index contributed by atoms with van der Waals surface area (Å²) >= 11 is 0. The third-order valence-corrected chi connectivity index (χ3v) is 8.51. The molecule has 39 heavy (non-hydrogen) atoms. The van der Waals surface area contributed by atoms with Crippen LogP contribution in [0.15, 0.2) is 34.9 Å². The Hall–Kier alpha value is -2.58. The normalized spacial score (nSPS) is 22.3. The summed E-state index contributed by atoms with van der Waals surface area (Å²) in [6, 6.07) is 9.63. The second-order valence-electron chi connectivity index (χ2n) is 11.7. The quantitative estimate of drug-likeness (QED) is 0.438. The van der Waals surface area contributed by atoms with E-state index in [1.807, 2.05) is 0 Å². The predicted octanol–water partition coefficient (Wildman–Crippen LogP) is 5.26. The summed E-state index contributed by atoms with van der Waals surface area (Å²) in [5, 5.41) is 4.09. The first kappa shape index (κ1) is 29.4. The molecule has 0 bridgehead atoms. The number of carbonyl (C=O) groups is 1. The molecule has 2 saturated heterocycles. The molecule has 5 rings (SSSR count). The number of amides is 1. The van der Waals surface area contributed by atoms with E-state index in [4.69, 9.17) is 9.26 Å². The van der Waals surface area contributed by atoms with Gasteiger partial charge in [0.15, 0.2) is 5.82 Å². The van der Waals surface area contributed by atoms with Crippen LogP contribution in [-0.2, 0) is 4.79 Å². The second kappa shape index (κ2) is 13.2. The maximum Gasteiger partial charge on any atom is 0.324 e. The van der Waals surface area contributed by atoms with E-state index in [1.165, 1.54) is 11.1 Å². The van der Waals surface area contributed by atoms with Gasteiger partial charge in [-0.05, 0) is 81.8 Å². The van der Waals surface area contributed by atoms with Crippen LogP contribution in [0.25, 0.3) is 5.57 Å². The van der Waals surface area contributed by atoms with E-state index in [2.05, 4.69) is 83.1 Å². The van der Waals surface area contributed by atoms with Gasteiger partial charge in [0.25, 0.3) is 0 Å². The minimum Gasteiger partial charge on any atom is -0.493 e. The van der Waals surface area contributed by atoms with E-state index in [0.717, 1.165) is 82.9 Å². The number of hydrogen-bond donors (Lipinski definition) is 0. The summed E-state index contributed by atoms with van der Waals surface area (Å²) in [4.78, 5) is 24.1. The highest BCUT2D eigenvalue weighted by atomic mass is 35.5. The van der Waals surface area contributed by atoms with Crippen LogP contribution in [0.5, 0.6) is 5.75 Å². The van der Waals surface area contributed by atoms with Gasteiger partial charge < -0.3 is 24.0 Å². The second-order valence-corrected chi connectivity index (χ2v) is 11.7. The molecule has 0 N–H and O–H groups in total. The first-order chi connectivity index (χ1) is 18.4. The molecule has 9 heteroatoms.